The largest absolute Gasteiger partial charge is 0.346 e. The van der Waals surface area contributed by atoms with E-state index in [2.05, 4.69) is 19.2 Å². The molecule has 0 spiro atoms. The Kier molecular flexibility index (Phi) is 7.56. The van der Waals surface area contributed by atoms with Gasteiger partial charge in [-0.05, 0) is 43.9 Å². The van der Waals surface area contributed by atoms with Gasteiger partial charge in [0.05, 0.1) is 0 Å². The molecule has 1 amide bonds. The van der Waals surface area contributed by atoms with Crippen LogP contribution in [0.15, 0.2) is 18.2 Å². The summed E-state index contributed by atoms with van der Waals surface area (Å²) < 4.78 is 0. The number of amides is 1. The number of nitrogens with one attached hydrogen (secondary N) is 1. The van der Waals surface area contributed by atoms with Gasteiger partial charge in [0, 0.05) is 22.7 Å². The minimum Gasteiger partial charge on any atom is -0.346 e. The highest BCUT2D eigenvalue weighted by Crippen LogP contribution is 2.21. The summed E-state index contributed by atoms with van der Waals surface area (Å²) in [6, 6.07) is 5.35. The number of rotatable bonds is 5. The van der Waals surface area contributed by atoms with Gasteiger partial charge in [0.15, 0.2) is 0 Å². The van der Waals surface area contributed by atoms with E-state index in [1.165, 1.54) is 0 Å². The van der Waals surface area contributed by atoms with Gasteiger partial charge in [-0.25, -0.2) is 0 Å². The van der Waals surface area contributed by atoms with Crippen molar-refractivity contribution < 1.29 is 4.79 Å². The standard InChI is InChI=1S/C15H23ClN2O.ClH/c1-10(2)8-15(4,9-17)18-14(19)12-6-5-7-13(16)11(12)3;/h5-7,10H,8-9,17H2,1-4H3,(H,18,19);1H. The Labute approximate surface area is 132 Å². The zero-order valence-electron chi connectivity index (χ0n) is 12.5. The SMILES string of the molecule is Cc1c(Cl)cccc1C(=O)NC(C)(CN)CC(C)C.Cl. The normalized spacial score (nSPS) is 13.6. The molecule has 0 saturated carbocycles. The van der Waals surface area contributed by atoms with Crippen LogP contribution in [-0.2, 0) is 0 Å². The summed E-state index contributed by atoms with van der Waals surface area (Å²) in [5.41, 5.74) is 6.82. The minimum atomic E-state index is -0.389. The van der Waals surface area contributed by atoms with Gasteiger partial charge in [0.25, 0.3) is 5.91 Å². The van der Waals surface area contributed by atoms with Crippen molar-refractivity contribution >= 4 is 29.9 Å². The average molecular weight is 319 g/mol. The lowest BCUT2D eigenvalue weighted by molar-refractivity contribution is 0.0897. The fraction of sp³-hybridized carbons (Fsp3) is 0.533. The molecule has 114 valence electrons. The van der Waals surface area contributed by atoms with Crippen LogP contribution >= 0.6 is 24.0 Å². The molecule has 20 heavy (non-hydrogen) atoms. The predicted molar refractivity (Wildman–Crippen MR) is 87.8 cm³/mol. The molecule has 0 fully saturated rings. The minimum absolute atomic E-state index is 0. The van der Waals surface area contributed by atoms with Crippen molar-refractivity contribution in [3.63, 3.8) is 0 Å². The summed E-state index contributed by atoms with van der Waals surface area (Å²) in [6.45, 7) is 8.47. The molecule has 1 unspecified atom stereocenters. The van der Waals surface area contributed by atoms with Crippen molar-refractivity contribution in [3.8, 4) is 0 Å². The van der Waals surface area contributed by atoms with E-state index in [0.29, 0.717) is 23.0 Å². The highest BCUT2D eigenvalue weighted by molar-refractivity contribution is 6.31. The summed E-state index contributed by atoms with van der Waals surface area (Å²) in [5.74, 6) is 0.350. The van der Waals surface area contributed by atoms with Gasteiger partial charge in [0.2, 0.25) is 0 Å². The second-order valence-electron chi connectivity index (χ2n) is 5.73. The Bertz CT molecular complexity index is 463. The third-order valence-electron chi connectivity index (χ3n) is 3.24. The summed E-state index contributed by atoms with van der Waals surface area (Å²) in [7, 11) is 0. The smallest absolute Gasteiger partial charge is 0.252 e. The summed E-state index contributed by atoms with van der Waals surface area (Å²) in [4.78, 5) is 12.3. The van der Waals surface area contributed by atoms with E-state index in [1.807, 2.05) is 13.8 Å². The molecule has 1 rings (SSSR count). The van der Waals surface area contributed by atoms with Crippen molar-refractivity contribution in [2.75, 3.05) is 6.54 Å². The number of hydrogen-bond acceptors (Lipinski definition) is 2. The number of carbonyl (C=O) groups is 1. The molecule has 0 aliphatic heterocycles. The van der Waals surface area contributed by atoms with E-state index < -0.39 is 0 Å². The van der Waals surface area contributed by atoms with Gasteiger partial charge in [0.1, 0.15) is 0 Å². The van der Waals surface area contributed by atoms with E-state index in [-0.39, 0.29) is 23.9 Å². The van der Waals surface area contributed by atoms with Crippen LogP contribution in [0.4, 0.5) is 0 Å². The molecule has 0 heterocycles. The van der Waals surface area contributed by atoms with Gasteiger partial charge in [-0.3, -0.25) is 4.79 Å². The number of hydrogen-bond donors (Lipinski definition) is 2. The Morgan fingerprint density at radius 3 is 2.55 bits per heavy atom. The fourth-order valence-electron chi connectivity index (χ4n) is 2.28. The van der Waals surface area contributed by atoms with Crippen molar-refractivity contribution in [1.29, 1.82) is 0 Å². The molecule has 1 aromatic carbocycles. The summed E-state index contributed by atoms with van der Waals surface area (Å²) >= 11 is 6.04. The zero-order valence-corrected chi connectivity index (χ0v) is 14.1. The van der Waals surface area contributed by atoms with Crippen LogP contribution in [0.3, 0.4) is 0 Å². The van der Waals surface area contributed by atoms with E-state index in [0.717, 1.165) is 12.0 Å². The molecule has 1 atom stereocenters. The molecule has 3 nitrogen and oxygen atoms in total. The number of nitrogens with two attached hydrogens (primary N) is 1. The molecule has 1 aromatic rings. The number of benzene rings is 1. The monoisotopic (exact) mass is 318 g/mol. The van der Waals surface area contributed by atoms with Gasteiger partial charge >= 0.3 is 0 Å². The lowest BCUT2D eigenvalue weighted by atomic mass is 9.90. The van der Waals surface area contributed by atoms with E-state index in [1.54, 1.807) is 18.2 Å². The molecular weight excluding hydrogens is 295 g/mol. The first-order chi connectivity index (χ1) is 8.79. The van der Waals surface area contributed by atoms with Crippen molar-refractivity contribution in [2.45, 2.75) is 39.7 Å². The van der Waals surface area contributed by atoms with Crippen LogP contribution in [0.5, 0.6) is 0 Å². The molecule has 5 heteroatoms. The lowest BCUT2D eigenvalue weighted by Gasteiger charge is -2.31. The molecule has 0 saturated heterocycles. The van der Waals surface area contributed by atoms with Gasteiger partial charge < -0.3 is 11.1 Å². The second kappa shape index (κ2) is 7.87. The second-order valence-corrected chi connectivity index (χ2v) is 6.14. The van der Waals surface area contributed by atoms with Crippen molar-refractivity contribution in [2.24, 2.45) is 11.7 Å². The molecule has 3 N–H and O–H groups in total. The van der Waals surface area contributed by atoms with Crippen molar-refractivity contribution in [1.82, 2.24) is 5.32 Å². The molecule has 0 radical (unpaired) electrons. The lowest BCUT2D eigenvalue weighted by Crippen LogP contribution is -2.52. The fourth-order valence-corrected chi connectivity index (χ4v) is 2.46. The van der Waals surface area contributed by atoms with Crippen LogP contribution in [0.25, 0.3) is 0 Å². The van der Waals surface area contributed by atoms with Crippen LogP contribution in [0.2, 0.25) is 5.02 Å². The topological polar surface area (TPSA) is 55.1 Å². The van der Waals surface area contributed by atoms with Gasteiger partial charge in [-0.1, -0.05) is 31.5 Å². The summed E-state index contributed by atoms with van der Waals surface area (Å²) in [5, 5.41) is 3.64. The Balaban J connectivity index is 0.00000361. The molecule has 0 aliphatic carbocycles. The Morgan fingerprint density at radius 1 is 1.45 bits per heavy atom. The van der Waals surface area contributed by atoms with Crippen LogP contribution in [-0.4, -0.2) is 18.0 Å². The third kappa shape index (κ3) is 4.97. The Morgan fingerprint density at radius 2 is 2.05 bits per heavy atom. The first-order valence-corrected chi connectivity index (χ1v) is 6.94. The van der Waals surface area contributed by atoms with E-state index in [4.69, 9.17) is 17.3 Å². The van der Waals surface area contributed by atoms with Crippen molar-refractivity contribution in [3.05, 3.63) is 34.3 Å². The third-order valence-corrected chi connectivity index (χ3v) is 3.65. The maximum atomic E-state index is 12.3. The molecule has 0 aliphatic rings. The predicted octanol–water partition coefficient (Wildman–Crippen LogP) is 3.56. The molecular formula is C15H24Cl2N2O. The molecule has 0 bridgehead atoms. The quantitative estimate of drug-likeness (QED) is 0.872. The van der Waals surface area contributed by atoms with E-state index in [9.17, 15) is 4.79 Å². The van der Waals surface area contributed by atoms with E-state index >= 15 is 0 Å². The first-order valence-electron chi connectivity index (χ1n) is 6.57. The average Bonchev–Trinajstić information content (AvgIpc) is 2.31. The van der Waals surface area contributed by atoms with Gasteiger partial charge in [-0.2, -0.15) is 0 Å². The number of halogens is 2. The molecule has 0 aromatic heterocycles. The zero-order chi connectivity index (χ0) is 14.6. The summed E-state index contributed by atoms with van der Waals surface area (Å²) in [6.07, 6.45) is 0.842. The Hall–Kier alpha value is -0.770. The van der Waals surface area contributed by atoms with Crippen LogP contribution in [0, 0.1) is 12.8 Å². The maximum Gasteiger partial charge on any atom is 0.252 e. The maximum absolute atomic E-state index is 12.3. The van der Waals surface area contributed by atoms with Gasteiger partial charge in [-0.15, -0.1) is 12.4 Å². The van der Waals surface area contributed by atoms with Crippen LogP contribution in [0.1, 0.15) is 43.1 Å². The first kappa shape index (κ1) is 19.2. The van der Waals surface area contributed by atoms with Crippen LogP contribution < -0.4 is 11.1 Å². The highest BCUT2D eigenvalue weighted by atomic mass is 35.5. The highest BCUT2D eigenvalue weighted by Gasteiger charge is 2.26. The number of carbonyl (C=O) groups excluding carboxylic acids is 1.